The van der Waals surface area contributed by atoms with Gasteiger partial charge < -0.3 is 21.4 Å². The predicted molar refractivity (Wildman–Crippen MR) is 133 cm³/mol. The number of rotatable bonds is 11. The van der Waals surface area contributed by atoms with Crippen molar-refractivity contribution in [1.29, 1.82) is 0 Å². The number of nitrogens with two attached hydrogens (primary N) is 1. The third-order valence-corrected chi connectivity index (χ3v) is 5.82. The molecule has 1 aromatic heterocycles. The van der Waals surface area contributed by atoms with Gasteiger partial charge in [0.05, 0.1) is 6.04 Å². The summed E-state index contributed by atoms with van der Waals surface area (Å²) in [7, 11) is 0. The van der Waals surface area contributed by atoms with Gasteiger partial charge in [-0.05, 0) is 36.0 Å². The number of para-hydroxylation sites is 1. The van der Waals surface area contributed by atoms with Gasteiger partial charge in [-0.2, -0.15) is 0 Å². The van der Waals surface area contributed by atoms with Crippen LogP contribution in [0.1, 0.15) is 31.4 Å². The first-order valence-corrected chi connectivity index (χ1v) is 11.7. The SMILES string of the molecule is CC(C)C[C@H](NC(=O)[C@@H](N)Cc1c[nH]c2ccccc12)C(=O)N[C@@H](Cc1ccccc1)C(=O)NO. The number of hydroxylamine groups is 1. The average Bonchev–Trinajstić information content (AvgIpc) is 3.25. The molecule has 0 bridgehead atoms. The van der Waals surface area contributed by atoms with Crippen molar-refractivity contribution in [3.63, 3.8) is 0 Å². The van der Waals surface area contributed by atoms with Crippen molar-refractivity contribution < 1.29 is 19.6 Å². The van der Waals surface area contributed by atoms with Crippen LogP contribution >= 0.6 is 0 Å². The van der Waals surface area contributed by atoms with E-state index in [0.29, 0.717) is 12.8 Å². The molecule has 0 saturated carbocycles. The lowest BCUT2D eigenvalue weighted by Gasteiger charge is -2.25. The Balaban J connectivity index is 1.68. The number of hydrogen-bond acceptors (Lipinski definition) is 5. The molecule has 3 aromatic rings. The zero-order chi connectivity index (χ0) is 25.4. The minimum Gasteiger partial charge on any atom is -0.361 e. The van der Waals surface area contributed by atoms with Crippen LogP contribution in [0.25, 0.3) is 10.9 Å². The first-order chi connectivity index (χ1) is 16.8. The van der Waals surface area contributed by atoms with Crippen LogP contribution in [0.2, 0.25) is 0 Å². The van der Waals surface area contributed by atoms with Gasteiger partial charge in [0.2, 0.25) is 11.8 Å². The van der Waals surface area contributed by atoms with E-state index >= 15 is 0 Å². The van der Waals surface area contributed by atoms with Crippen LogP contribution in [0, 0.1) is 5.92 Å². The second-order valence-electron chi connectivity index (χ2n) is 9.09. The number of hydrogen-bond donors (Lipinski definition) is 6. The quantitative estimate of drug-likeness (QED) is 0.183. The summed E-state index contributed by atoms with van der Waals surface area (Å²) in [5, 5.41) is 15.6. The van der Waals surface area contributed by atoms with Gasteiger partial charge in [0.15, 0.2) is 0 Å². The molecule has 0 spiro atoms. The number of fused-ring (bicyclic) bond motifs is 1. The lowest BCUT2D eigenvalue weighted by Crippen LogP contribution is -2.56. The smallest absolute Gasteiger partial charge is 0.266 e. The molecular formula is C26H33N5O4. The van der Waals surface area contributed by atoms with Gasteiger partial charge in [-0.15, -0.1) is 0 Å². The second-order valence-corrected chi connectivity index (χ2v) is 9.09. The van der Waals surface area contributed by atoms with Gasteiger partial charge in [-0.3, -0.25) is 19.6 Å². The molecule has 0 fully saturated rings. The Labute approximate surface area is 204 Å². The topological polar surface area (TPSA) is 149 Å². The molecule has 0 aliphatic carbocycles. The van der Waals surface area contributed by atoms with Gasteiger partial charge in [0.25, 0.3) is 5.91 Å². The highest BCUT2D eigenvalue weighted by Gasteiger charge is 2.29. The van der Waals surface area contributed by atoms with Crippen LogP contribution in [-0.4, -0.2) is 46.0 Å². The number of aromatic nitrogens is 1. The maximum Gasteiger partial charge on any atom is 0.266 e. The van der Waals surface area contributed by atoms with Crippen LogP contribution in [0.15, 0.2) is 60.8 Å². The molecule has 0 aliphatic rings. The van der Waals surface area contributed by atoms with Crippen LogP contribution in [-0.2, 0) is 27.2 Å². The third kappa shape index (κ3) is 7.14. The highest BCUT2D eigenvalue weighted by molar-refractivity contribution is 5.93. The molecule has 3 rings (SSSR count). The molecule has 3 atom stereocenters. The van der Waals surface area contributed by atoms with Crippen LogP contribution in [0.4, 0.5) is 0 Å². The van der Waals surface area contributed by atoms with Crippen molar-refractivity contribution in [3.8, 4) is 0 Å². The summed E-state index contributed by atoms with van der Waals surface area (Å²) in [5.41, 5.74) is 10.5. The zero-order valence-electron chi connectivity index (χ0n) is 20.0. The predicted octanol–water partition coefficient (Wildman–Crippen LogP) is 1.80. The van der Waals surface area contributed by atoms with E-state index in [4.69, 9.17) is 10.9 Å². The summed E-state index contributed by atoms with van der Waals surface area (Å²) >= 11 is 0. The zero-order valence-corrected chi connectivity index (χ0v) is 20.0. The van der Waals surface area contributed by atoms with E-state index in [0.717, 1.165) is 22.0 Å². The van der Waals surface area contributed by atoms with Crippen molar-refractivity contribution in [2.24, 2.45) is 11.7 Å². The average molecular weight is 480 g/mol. The summed E-state index contributed by atoms with van der Waals surface area (Å²) in [6.07, 6.45) is 2.67. The molecule has 0 unspecified atom stereocenters. The summed E-state index contributed by atoms with van der Waals surface area (Å²) in [6, 6.07) is 14.1. The summed E-state index contributed by atoms with van der Waals surface area (Å²) in [4.78, 5) is 41.4. The fourth-order valence-electron chi connectivity index (χ4n) is 4.02. The fraction of sp³-hybridized carbons (Fsp3) is 0.346. The molecule has 35 heavy (non-hydrogen) atoms. The molecular weight excluding hydrogens is 446 g/mol. The Kier molecular flexibility index (Phi) is 8.99. The van der Waals surface area contributed by atoms with Gasteiger partial charge in [0.1, 0.15) is 12.1 Å². The van der Waals surface area contributed by atoms with E-state index in [1.54, 1.807) is 5.48 Å². The van der Waals surface area contributed by atoms with Gasteiger partial charge in [-0.1, -0.05) is 62.4 Å². The normalized spacial score (nSPS) is 13.7. The Bertz CT molecular complexity index is 1140. The van der Waals surface area contributed by atoms with Gasteiger partial charge in [0, 0.05) is 23.5 Å². The summed E-state index contributed by atoms with van der Waals surface area (Å²) < 4.78 is 0. The maximum absolute atomic E-state index is 13.1. The second kappa shape index (κ2) is 12.1. The van der Waals surface area contributed by atoms with Crippen molar-refractivity contribution in [2.75, 3.05) is 0 Å². The van der Waals surface area contributed by atoms with E-state index in [9.17, 15) is 14.4 Å². The van der Waals surface area contributed by atoms with Crippen LogP contribution in [0.5, 0.6) is 0 Å². The molecule has 0 radical (unpaired) electrons. The van der Waals surface area contributed by atoms with Crippen molar-refractivity contribution >= 4 is 28.6 Å². The molecule has 186 valence electrons. The standard InChI is InChI=1S/C26H33N5O4/c1-16(2)12-22(25(33)30-23(26(34)31-35)13-17-8-4-3-5-9-17)29-24(32)20(27)14-18-15-28-21-11-7-6-10-19(18)21/h3-11,15-16,20,22-23,28,35H,12-14,27H2,1-2H3,(H,29,32)(H,30,33)(H,31,34)/t20-,22-,23-/m0/s1. The van der Waals surface area contributed by atoms with E-state index in [1.807, 2.05) is 74.6 Å². The monoisotopic (exact) mass is 479 g/mol. The van der Waals surface area contributed by atoms with Crippen LogP contribution < -0.4 is 21.8 Å². The first-order valence-electron chi connectivity index (χ1n) is 11.7. The van der Waals surface area contributed by atoms with Crippen molar-refractivity contribution in [3.05, 3.63) is 71.9 Å². The molecule has 3 amide bonds. The largest absolute Gasteiger partial charge is 0.361 e. The van der Waals surface area contributed by atoms with E-state index < -0.39 is 35.8 Å². The first kappa shape index (κ1) is 25.9. The molecule has 9 nitrogen and oxygen atoms in total. The van der Waals surface area contributed by atoms with Crippen LogP contribution in [0.3, 0.4) is 0 Å². The highest BCUT2D eigenvalue weighted by Crippen LogP contribution is 2.19. The number of carbonyl (C=O) groups is 3. The molecule has 2 aromatic carbocycles. The van der Waals surface area contributed by atoms with Gasteiger partial charge in [-0.25, -0.2) is 5.48 Å². The molecule has 7 N–H and O–H groups in total. The molecule has 9 heteroatoms. The Morgan fingerprint density at radius 1 is 0.886 bits per heavy atom. The molecule has 0 saturated heterocycles. The number of amides is 3. The van der Waals surface area contributed by atoms with E-state index in [-0.39, 0.29) is 12.3 Å². The summed E-state index contributed by atoms with van der Waals surface area (Å²) in [6.45, 7) is 3.86. The molecule has 0 aliphatic heterocycles. The number of aromatic amines is 1. The summed E-state index contributed by atoms with van der Waals surface area (Å²) in [5.74, 6) is -1.62. The number of nitrogens with one attached hydrogen (secondary N) is 4. The van der Waals surface area contributed by atoms with Gasteiger partial charge >= 0.3 is 0 Å². The molecule has 1 heterocycles. The Morgan fingerprint density at radius 2 is 1.54 bits per heavy atom. The highest BCUT2D eigenvalue weighted by atomic mass is 16.5. The lowest BCUT2D eigenvalue weighted by atomic mass is 10.00. The Hall–Kier alpha value is -3.69. The van der Waals surface area contributed by atoms with Crippen molar-refractivity contribution in [2.45, 2.75) is 51.2 Å². The maximum atomic E-state index is 13.1. The fourth-order valence-corrected chi connectivity index (χ4v) is 4.02. The number of carbonyl (C=O) groups excluding carboxylic acids is 3. The number of H-pyrrole nitrogens is 1. The third-order valence-electron chi connectivity index (χ3n) is 5.82. The Morgan fingerprint density at radius 3 is 2.23 bits per heavy atom. The van der Waals surface area contributed by atoms with E-state index in [2.05, 4.69) is 15.6 Å². The lowest BCUT2D eigenvalue weighted by molar-refractivity contribution is -0.136. The minimum absolute atomic E-state index is 0.0927. The minimum atomic E-state index is -1.01. The van der Waals surface area contributed by atoms with E-state index in [1.165, 1.54) is 0 Å². The number of benzene rings is 2. The van der Waals surface area contributed by atoms with Crippen molar-refractivity contribution in [1.82, 2.24) is 21.1 Å².